The summed E-state index contributed by atoms with van der Waals surface area (Å²) in [6.07, 6.45) is 2.07. The summed E-state index contributed by atoms with van der Waals surface area (Å²) in [5, 5.41) is 16.0. The summed E-state index contributed by atoms with van der Waals surface area (Å²) in [4.78, 5) is 6.96. The second-order valence-electron chi connectivity index (χ2n) is 6.72. The van der Waals surface area contributed by atoms with Gasteiger partial charge in [0.2, 0.25) is 0 Å². The Morgan fingerprint density at radius 1 is 1.18 bits per heavy atom. The molecular weight excluding hydrogens is 470 g/mol. The molecule has 0 spiro atoms. The molecule has 3 N–H and O–H groups in total. The van der Waals surface area contributed by atoms with Crippen molar-refractivity contribution in [2.75, 3.05) is 24.5 Å². The summed E-state index contributed by atoms with van der Waals surface area (Å²) in [6.45, 7) is 5.15. The highest BCUT2D eigenvalue weighted by Crippen LogP contribution is 2.19. The van der Waals surface area contributed by atoms with Gasteiger partial charge in [0.1, 0.15) is 0 Å². The molecule has 2 aromatic rings. The number of hydrogen-bond donors (Lipinski definition) is 3. The Kier molecular flexibility index (Phi) is 8.82. The number of phenolic OH excluding ortho intramolecular Hbond substituents is 1. The van der Waals surface area contributed by atoms with Crippen LogP contribution in [0.4, 0.5) is 10.1 Å². The molecular formula is C21H28FIN4O. The molecule has 3 rings (SSSR count). The van der Waals surface area contributed by atoms with Crippen molar-refractivity contribution in [3.63, 3.8) is 0 Å². The number of piperidine rings is 1. The summed E-state index contributed by atoms with van der Waals surface area (Å²) in [6, 6.07) is 15.2. The average molecular weight is 498 g/mol. The molecule has 5 nitrogen and oxygen atoms in total. The van der Waals surface area contributed by atoms with E-state index in [4.69, 9.17) is 0 Å². The van der Waals surface area contributed by atoms with Crippen LogP contribution in [0.3, 0.4) is 0 Å². The van der Waals surface area contributed by atoms with Crippen LogP contribution in [0, 0.1) is 5.82 Å². The third kappa shape index (κ3) is 6.25. The first-order valence-corrected chi connectivity index (χ1v) is 9.48. The second-order valence-corrected chi connectivity index (χ2v) is 6.72. The van der Waals surface area contributed by atoms with Crippen LogP contribution in [-0.2, 0) is 6.54 Å². The minimum Gasteiger partial charge on any atom is -0.505 e. The Labute approximate surface area is 183 Å². The Bertz CT molecular complexity index is 764. The molecule has 1 fully saturated rings. The smallest absolute Gasteiger partial charge is 0.191 e. The molecule has 1 aliphatic rings. The van der Waals surface area contributed by atoms with E-state index in [1.165, 1.54) is 17.8 Å². The Hall–Kier alpha value is -2.03. The monoisotopic (exact) mass is 498 g/mol. The van der Waals surface area contributed by atoms with Gasteiger partial charge in [0, 0.05) is 31.4 Å². The molecule has 1 aliphatic heterocycles. The van der Waals surface area contributed by atoms with Crippen LogP contribution in [0.5, 0.6) is 5.75 Å². The topological polar surface area (TPSA) is 59.9 Å². The number of hydrogen-bond acceptors (Lipinski definition) is 3. The van der Waals surface area contributed by atoms with E-state index in [0.717, 1.165) is 44.0 Å². The molecule has 152 valence electrons. The van der Waals surface area contributed by atoms with Crippen molar-refractivity contribution in [1.29, 1.82) is 0 Å². The molecule has 28 heavy (non-hydrogen) atoms. The van der Waals surface area contributed by atoms with Gasteiger partial charge in [-0.2, -0.15) is 0 Å². The lowest BCUT2D eigenvalue weighted by molar-refractivity contribution is 0.432. The Morgan fingerprint density at radius 2 is 1.89 bits per heavy atom. The number of rotatable bonds is 5. The predicted molar refractivity (Wildman–Crippen MR) is 123 cm³/mol. The second kappa shape index (κ2) is 11.1. The van der Waals surface area contributed by atoms with E-state index >= 15 is 0 Å². The van der Waals surface area contributed by atoms with Crippen LogP contribution in [-0.4, -0.2) is 36.7 Å². The van der Waals surface area contributed by atoms with Crippen molar-refractivity contribution in [2.24, 2.45) is 4.99 Å². The minimum atomic E-state index is -0.617. The van der Waals surface area contributed by atoms with Gasteiger partial charge in [-0.1, -0.05) is 24.3 Å². The summed E-state index contributed by atoms with van der Waals surface area (Å²) < 4.78 is 13.5. The number of guanidine groups is 1. The summed E-state index contributed by atoms with van der Waals surface area (Å²) in [5.41, 5.74) is 1.99. The van der Waals surface area contributed by atoms with Gasteiger partial charge >= 0.3 is 0 Å². The van der Waals surface area contributed by atoms with Crippen LogP contribution in [0.15, 0.2) is 53.5 Å². The van der Waals surface area contributed by atoms with Gasteiger partial charge in [-0.25, -0.2) is 9.38 Å². The fraction of sp³-hybridized carbons (Fsp3) is 0.381. The molecule has 1 saturated heterocycles. The van der Waals surface area contributed by atoms with Crippen molar-refractivity contribution < 1.29 is 9.50 Å². The van der Waals surface area contributed by atoms with Crippen LogP contribution in [0.1, 0.15) is 25.3 Å². The molecule has 0 saturated carbocycles. The molecule has 7 heteroatoms. The van der Waals surface area contributed by atoms with E-state index in [-0.39, 0.29) is 29.7 Å². The standard InChI is InChI=1S/C21H27FN4O.HI/c1-2-23-21(24-15-16-8-9-20(27)19(22)14-16)25-17-10-12-26(13-11-17)18-6-4-3-5-7-18;/h3-9,14,17,27H,2,10-13,15H2,1H3,(H2,23,24,25);1H. The fourth-order valence-corrected chi connectivity index (χ4v) is 3.25. The van der Waals surface area contributed by atoms with E-state index in [2.05, 4.69) is 44.8 Å². The zero-order valence-electron chi connectivity index (χ0n) is 16.1. The maximum Gasteiger partial charge on any atom is 0.191 e. The number of anilines is 1. The van der Waals surface area contributed by atoms with Gasteiger partial charge in [0.05, 0.1) is 6.54 Å². The first-order chi connectivity index (χ1) is 13.2. The lowest BCUT2D eigenvalue weighted by Crippen LogP contribution is -2.48. The van der Waals surface area contributed by atoms with E-state index in [1.807, 2.05) is 13.0 Å². The number of aliphatic imine (C=N–C) groups is 1. The third-order valence-corrected chi connectivity index (χ3v) is 4.73. The number of para-hydroxylation sites is 1. The van der Waals surface area contributed by atoms with Crippen LogP contribution < -0.4 is 15.5 Å². The van der Waals surface area contributed by atoms with Crippen LogP contribution in [0.2, 0.25) is 0 Å². The molecule has 0 aromatic heterocycles. The largest absolute Gasteiger partial charge is 0.505 e. The van der Waals surface area contributed by atoms with Gasteiger partial charge in [0.15, 0.2) is 17.5 Å². The van der Waals surface area contributed by atoms with Gasteiger partial charge in [-0.3, -0.25) is 0 Å². The highest BCUT2D eigenvalue weighted by Gasteiger charge is 2.20. The maximum absolute atomic E-state index is 13.5. The first kappa shape index (κ1) is 22.3. The molecule has 0 radical (unpaired) electrons. The molecule has 0 bridgehead atoms. The number of halogens is 2. The number of nitrogens with zero attached hydrogens (tertiary/aromatic N) is 2. The Morgan fingerprint density at radius 3 is 2.54 bits per heavy atom. The Balaban J connectivity index is 0.00000280. The first-order valence-electron chi connectivity index (χ1n) is 9.48. The zero-order chi connectivity index (χ0) is 19.1. The zero-order valence-corrected chi connectivity index (χ0v) is 18.4. The lowest BCUT2D eigenvalue weighted by Gasteiger charge is -2.34. The molecule has 0 unspecified atom stereocenters. The van der Waals surface area contributed by atoms with Crippen LogP contribution >= 0.6 is 24.0 Å². The van der Waals surface area contributed by atoms with Gasteiger partial charge in [-0.15, -0.1) is 24.0 Å². The number of nitrogens with one attached hydrogen (secondary N) is 2. The third-order valence-electron chi connectivity index (χ3n) is 4.73. The van der Waals surface area contributed by atoms with Crippen molar-refractivity contribution >= 4 is 35.6 Å². The van der Waals surface area contributed by atoms with Crippen molar-refractivity contribution in [3.8, 4) is 5.75 Å². The predicted octanol–water partition coefficient (Wildman–Crippen LogP) is 3.87. The normalized spacial score (nSPS) is 15.1. The molecule has 0 aliphatic carbocycles. The SMILES string of the molecule is CCNC(=NCc1ccc(O)c(F)c1)NC1CCN(c2ccccc2)CC1.I. The highest BCUT2D eigenvalue weighted by atomic mass is 127. The highest BCUT2D eigenvalue weighted by molar-refractivity contribution is 14.0. The van der Waals surface area contributed by atoms with E-state index in [9.17, 15) is 9.50 Å². The van der Waals surface area contributed by atoms with Crippen molar-refractivity contribution in [1.82, 2.24) is 10.6 Å². The molecule has 1 heterocycles. The molecule has 0 amide bonds. The van der Waals surface area contributed by atoms with Gasteiger partial charge in [0.25, 0.3) is 0 Å². The van der Waals surface area contributed by atoms with Gasteiger partial charge in [-0.05, 0) is 49.6 Å². The number of aromatic hydroxyl groups is 1. The fourth-order valence-electron chi connectivity index (χ4n) is 3.25. The summed E-state index contributed by atoms with van der Waals surface area (Å²) in [7, 11) is 0. The lowest BCUT2D eigenvalue weighted by atomic mass is 10.0. The van der Waals surface area contributed by atoms with E-state index < -0.39 is 5.82 Å². The average Bonchev–Trinajstić information content (AvgIpc) is 2.70. The van der Waals surface area contributed by atoms with E-state index in [1.54, 1.807) is 6.07 Å². The van der Waals surface area contributed by atoms with Crippen molar-refractivity contribution in [2.45, 2.75) is 32.4 Å². The van der Waals surface area contributed by atoms with Crippen molar-refractivity contribution in [3.05, 3.63) is 59.9 Å². The van der Waals surface area contributed by atoms with E-state index in [0.29, 0.717) is 12.6 Å². The van der Waals surface area contributed by atoms with Crippen LogP contribution in [0.25, 0.3) is 0 Å². The molecule has 2 aromatic carbocycles. The summed E-state index contributed by atoms with van der Waals surface area (Å²) in [5.74, 6) is -0.212. The minimum absolute atomic E-state index is 0. The van der Waals surface area contributed by atoms with Gasteiger partial charge < -0.3 is 20.6 Å². The summed E-state index contributed by atoms with van der Waals surface area (Å²) >= 11 is 0. The number of benzene rings is 2. The number of phenols is 1. The quantitative estimate of drug-likeness (QED) is 0.333. The maximum atomic E-state index is 13.5. The molecule has 0 atom stereocenters.